The second-order valence-corrected chi connectivity index (χ2v) is 12.3. The number of amides is 1. The summed E-state index contributed by atoms with van der Waals surface area (Å²) < 4.78 is 26.1. The number of fused-ring (bicyclic) bond motifs is 1. The van der Waals surface area contributed by atoms with Gasteiger partial charge in [0, 0.05) is 32.4 Å². The Bertz CT molecular complexity index is 1480. The van der Waals surface area contributed by atoms with Crippen molar-refractivity contribution < 1.29 is 13.7 Å². The molecular formula is C32H36FN5O2S. The van der Waals surface area contributed by atoms with E-state index in [1.807, 2.05) is 62.3 Å². The topological polar surface area (TPSA) is 93.2 Å². The predicted octanol–water partition coefficient (Wildman–Crippen LogP) is 5.68. The van der Waals surface area contributed by atoms with Crippen molar-refractivity contribution in [3.8, 4) is 0 Å². The molecule has 0 radical (unpaired) electrons. The van der Waals surface area contributed by atoms with E-state index in [1.54, 1.807) is 18.5 Å². The van der Waals surface area contributed by atoms with Crippen LogP contribution < -0.4 is 15.5 Å². The van der Waals surface area contributed by atoms with Crippen LogP contribution in [0.2, 0.25) is 0 Å². The average molecular weight is 574 g/mol. The molecule has 2 aliphatic rings. The molecule has 1 heterocycles. The molecule has 1 unspecified atom stereocenters. The molecule has 0 bridgehead atoms. The molecule has 0 saturated heterocycles. The van der Waals surface area contributed by atoms with Crippen molar-refractivity contribution in [3.05, 3.63) is 82.8 Å². The SMILES string of the molecule is CC1=C(CC(=O)N[C@H]2CC[C@@H](Nc3nccc(N(C)C)n3)CC2)c2cc(F)ccc2C1=Cc1ccc([S+](C)[O-])cc1. The molecule has 0 aliphatic heterocycles. The Morgan fingerprint density at radius 3 is 2.46 bits per heavy atom. The third-order valence-electron chi connectivity index (χ3n) is 7.84. The van der Waals surface area contributed by atoms with Crippen molar-refractivity contribution in [2.24, 2.45) is 0 Å². The molecule has 41 heavy (non-hydrogen) atoms. The summed E-state index contributed by atoms with van der Waals surface area (Å²) >= 11 is -1.04. The number of carbonyl (C=O) groups excluding carboxylic acids is 1. The van der Waals surface area contributed by atoms with Crippen molar-refractivity contribution >= 4 is 46.1 Å². The molecule has 1 saturated carbocycles. The highest BCUT2D eigenvalue weighted by Gasteiger charge is 2.28. The molecule has 1 fully saturated rings. The van der Waals surface area contributed by atoms with Gasteiger partial charge in [-0.05, 0) is 126 Å². The first-order chi connectivity index (χ1) is 19.7. The third kappa shape index (κ3) is 6.80. The maximum Gasteiger partial charge on any atom is 0.224 e. The van der Waals surface area contributed by atoms with Gasteiger partial charge in [0.1, 0.15) is 17.9 Å². The molecule has 214 valence electrons. The molecule has 1 aromatic heterocycles. The quantitative estimate of drug-likeness (QED) is 0.337. The molecular weight excluding hydrogens is 537 g/mol. The molecule has 9 heteroatoms. The van der Waals surface area contributed by atoms with Gasteiger partial charge >= 0.3 is 0 Å². The van der Waals surface area contributed by atoms with Crippen LogP contribution in [0.5, 0.6) is 0 Å². The van der Waals surface area contributed by atoms with Crippen LogP contribution in [0.3, 0.4) is 0 Å². The van der Waals surface area contributed by atoms with Gasteiger partial charge in [-0.3, -0.25) is 4.79 Å². The first-order valence-corrected chi connectivity index (χ1v) is 15.5. The second kappa shape index (κ2) is 12.4. The monoisotopic (exact) mass is 573 g/mol. The van der Waals surface area contributed by atoms with Crippen LogP contribution >= 0.6 is 0 Å². The lowest BCUT2D eigenvalue weighted by Gasteiger charge is -2.30. The number of aromatic nitrogens is 2. The van der Waals surface area contributed by atoms with Crippen LogP contribution in [-0.2, 0) is 16.0 Å². The van der Waals surface area contributed by atoms with Crippen LogP contribution in [0.15, 0.2) is 65.2 Å². The summed E-state index contributed by atoms with van der Waals surface area (Å²) in [6, 6.07) is 14.6. The number of rotatable bonds is 8. The second-order valence-electron chi connectivity index (χ2n) is 10.9. The summed E-state index contributed by atoms with van der Waals surface area (Å²) in [6.45, 7) is 1.99. The summed E-state index contributed by atoms with van der Waals surface area (Å²) in [5.41, 5.74) is 5.43. The largest absolute Gasteiger partial charge is 0.612 e. The minimum absolute atomic E-state index is 0.0518. The van der Waals surface area contributed by atoms with Gasteiger partial charge in [0.2, 0.25) is 11.9 Å². The first kappa shape index (κ1) is 28.8. The highest BCUT2D eigenvalue weighted by Crippen LogP contribution is 2.44. The van der Waals surface area contributed by atoms with Gasteiger partial charge in [-0.25, -0.2) is 9.37 Å². The molecule has 5 rings (SSSR count). The smallest absolute Gasteiger partial charge is 0.224 e. The number of nitrogens with one attached hydrogen (secondary N) is 2. The molecule has 7 nitrogen and oxygen atoms in total. The van der Waals surface area contributed by atoms with Crippen molar-refractivity contribution in [1.29, 1.82) is 0 Å². The predicted molar refractivity (Wildman–Crippen MR) is 164 cm³/mol. The lowest BCUT2D eigenvalue weighted by Crippen LogP contribution is -2.40. The molecule has 1 atom stereocenters. The minimum atomic E-state index is -1.04. The molecule has 3 aromatic rings. The normalized spacial score (nSPS) is 20.1. The average Bonchev–Trinajstić information content (AvgIpc) is 3.19. The number of hydrogen-bond donors (Lipinski definition) is 2. The lowest BCUT2D eigenvalue weighted by atomic mass is 9.91. The first-order valence-electron chi connectivity index (χ1n) is 13.9. The summed E-state index contributed by atoms with van der Waals surface area (Å²) in [7, 11) is 3.90. The van der Waals surface area contributed by atoms with E-state index in [0.29, 0.717) is 5.95 Å². The van der Waals surface area contributed by atoms with Crippen molar-refractivity contribution in [1.82, 2.24) is 15.3 Å². The Morgan fingerprint density at radius 2 is 1.78 bits per heavy atom. The summed E-state index contributed by atoms with van der Waals surface area (Å²) in [5.74, 6) is 1.10. The summed E-state index contributed by atoms with van der Waals surface area (Å²) in [6.07, 6.45) is 9.20. The number of nitrogens with zero attached hydrogens (tertiary/aromatic N) is 3. The van der Waals surface area contributed by atoms with Gasteiger partial charge < -0.3 is 20.1 Å². The van der Waals surface area contributed by atoms with Gasteiger partial charge in [0.25, 0.3) is 0 Å². The Morgan fingerprint density at radius 1 is 1.07 bits per heavy atom. The molecule has 2 aliphatic carbocycles. The Kier molecular flexibility index (Phi) is 8.75. The van der Waals surface area contributed by atoms with E-state index in [1.165, 1.54) is 12.1 Å². The van der Waals surface area contributed by atoms with Gasteiger partial charge in [0.15, 0.2) is 4.90 Å². The highest BCUT2D eigenvalue weighted by atomic mass is 32.2. The number of halogens is 1. The number of carbonyl (C=O) groups is 1. The van der Waals surface area contributed by atoms with Crippen molar-refractivity contribution in [3.63, 3.8) is 0 Å². The molecule has 1 amide bonds. The van der Waals surface area contributed by atoms with Gasteiger partial charge in [-0.15, -0.1) is 0 Å². The van der Waals surface area contributed by atoms with Crippen LogP contribution in [0, 0.1) is 5.82 Å². The van der Waals surface area contributed by atoms with Crippen LogP contribution in [0.4, 0.5) is 16.2 Å². The highest BCUT2D eigenvalue weighted by molar-refractivity contribution is 7.90. The maximum atomic E-state index is 14.3. The Balaban J connectivity index is 1.24. The zero-order valence-corrected chi connectivity index (χ0v) is 24.7. The molecule has 2 aromatic carbocycles. The van der Waals surface area contributed by atoms with E-state index in [4.69, 9.17) is 0 Å². The van der Waals surface area contributed by atoms with E-state index in [-0.39, 0.29) is 30.2 Å². The Labute approximate surface area is 244 Å². The van der Waals surface area contributed by atoms with E-state index in [2.05, 4.69) is 20.6 Å². The van der Waals surface area contributed by atoms with Crippen molar-refractivity contribution in [2.45, 2.75) is 56.0 Å². The van der Waals surface area contributed by atoms with E-state index >= 15 is 0 Å². The summed E-state index contributed by atoms with van der Waals surface area (Å²) in [4.78, 5) is 24.8. The molecule has 2 N–H and O–H groups in total. The zero-order chi connectivity index (χ0) is 29.1. The number of anilines is 2. The molecule has 0 spiro atoms. The van der Waals surface area contributed by atoms with Gasteiger partial charge in [-0.1, -0.05) is 6.07 Å². The number of benzene rings is 2. The van der Waals surface area contributed by atoms with Crippen LogP contribution in [0.25, 0.3) is 17.2 Å². The Hall–Kier alpha value is -3.69. The number of hydrogen-bond acceptors (Lipinski definition) is 6. The zero-order valence-electron chi connectivity index (χ0n) is 23.9. The summed E-state index contributed by atoms with van der Waals surface area (Å²) in [5, 5.41) is 6.66. The fourth-order valence-electron chi connectivity index (χ4n) is 5.58. The van der Waals surface area contributed by atoms with Gasteiger partial charge in [0.05, 0.1) is 6.42 Å². The van der Waals surface area contributed by atoms with E-state index in [0.717, 1.165) is 69.8 Å². The van der Waals surface area contributed by atoms with Gasteiger partial charge in [-0.2, -0.15) is 4.98 Å². The lowest BCUT2D eigenvalue weighted by molar-refractivity contribution is -0.121. The third-order valence-corrected chi connectivity index (χ3v) is 8.77. The van der Waals surface area contributed by atoms with E-state index in [9.17, 15) is 13.7 Å². The fraction of sp³-hybridized carbons (Fsp3) is 0.344. The standard InChI is InChI=1S/C32H36FN5O2S/c1-20-27(17-21-5-12-25(13-6-21)41(4)40)26-14-7-22(33)18-29(26)28(20)19-31(39)35-23-8-10-24(11-9-23)36-32-34-16-15-30(37-32)38(2)3/h5-7,12-18,23-24H,8-11,19H2,1-4H3,(H,35,39)(H,34,36,37)/t23-,24+,41?. The fourth-order valence-corrected chi connectivity index (χ4v) is 6.09. The van der Waals surface area contributed by atoms with Crippen LogP contribution in [-0.4, -0.2) is 52.9 Å². The van der Waals surface area contributed by atoms with Crippen molar-refractivity contribution in [2.75, 3.05) is 30.6 Å². The van der Waals surface area contributed by atoms with E-state index < -0.39 is 11.2 Å². The maximum absolute atomic E-state index is 14.3. The minimum Gasteiger partial charge on any atom is -0.612 e. The van der Waals surface area contributed by atoms with Crippen LogP contribution in [0.1, 0.15) is 55.7 Å². The number of allylic oxidation sites excluding steroid dienone is 2.